The quantitative estimate of drug-likeness (QED) is 0.164. The van der Waals surface area contributed by atoms with Gasteiger partial charge >= 0.3 is 0 Å². The van der Waals surface area contributed by atoms with E-state index in [0.717, 1.165) is 129 Å². The Morgan fingerprint density at radius 2 is 0.910 bits per heavy atom. The molecule has 4 aliphatic heterocycles. The van der Waals surface area contributed by atoms with E-state index in [1.165, 1.54) is 27.4 Å². The van der Waals surface area contributed by atoms with Crippen LogP contribution in [0.1, 0.15) is 26.3 Å². The molecule has 0 spiro atoms. The van der Waals surface area contributed by atoms with Gasteiger partial charge < -0.3 is 28.3 Å². The summed E-state index contributed by atoms with van der Waals surface area (Å²) in [5, 5.41) is 4.22. The molecule has 8 heteroatoms. The van der Waals surface area contributed by atoms with Gasteiger partial charge in [0, 0.05) is 68.3 Å². The minimum Gasteiger partial charge on any atom is -0.458 e. The first kappa shape index (κ1) is 43.6. The molecular weight excluding hydrogens is 952 g/mol. The molecule has 0 N–H and O–H groups in total. The van der Waals surface area contributed by atoms with Crippen LogP contribution in [0.3, 0.4) is 0 Å². The van der Waals surface area contributed by atoms with Gasteiger partial charge in [0.1, 0.15) is 33.8 Å². The van der Waals surface area contributed by atoms with Gasteiger partial charge in [-0.25, -0.2) is 0 Å². The van der Waals surface area contributed by atoms with Gasteiger partial charge in [-0.3, -0.25) is 0 Å². The monoisotopic (exact) mass is 999 g/mol. The Kier molecular flexibility index (Phi) is 8.91. The van der Waals surface area contributed by atoms with Crippen molar-refractivity contribution in [2.45, 2.75) is 26.2 Å². The summed E-state index contributed by atoms with van der Waals surface area (Å²) in [6, 6.07) is 84.1. The van der Waals surface area contributed by atoms with E-state index in [1.54, 1.807) is 0 Å². The van der Waals surface area contributed by atoms with E-state index in [4.69, 9.17) is 13.6 Å². The lowest BCUT2D eigenvalue weighted by atomic mass is 9.30. The fourth-order valence-electron chi connectivity index (χ4n) is 13.7. The highest BCUT2D eigenvalue weighted by molar-refractivity contribution is 7.03. The van der Waals surface area contributed by atoms with Gasteiger partial charge in [-0.15, -0.1) is 0 Å². The molecule has 2 aromatic heterocycles. The number of para-hydroxylation sites is 7. The third kappa shape index (κ3) is 6.00. The number of hydrogen-bond donors (Lipinski definition) is 0. The standard InChI is InChI=1S/C70H47B2N3O3/c1-70(2,3)43-36-34-42(35-37-43)46-24-10-15-29-53(46)75-56-39-55-51(72-50-28-14-19-33-61(50)78-69-65-48-26-12-18-32-60(48)77-63(65)41-58(67(69)72)73(55)44-20-6-4-7-21-44)38-52(56)71-49-27-13-16-30-54(49)74(45-22-8-5-9-23-45)68-64-47-25-11-17-31-59(47)76-62(64)40-57(75)66(68)71/h4-41H,1-3H3. The summed E-state index contributed by atoms with van der Waals surface area (Å²) < 4.78 is 21.1. The average Bonchev–Trinajstić information content (AvgIpc) is 3.61. The summed E-state index contributed by atoms with van der Waals surface area (Å²) in [4.78, 5) is 7.52. The maximum absolute atomic E-state index is 7.24. The highest BCUT2D eigenvalue weighted by Crippen LogP contribution is 2.53. The van der Waals surface area contributed by atoms with Gasteiger partial charge in [0.15, 0.2) is 0 Å². The predicted octanol–water partition coefficient (Wildman–Crippen LogP) is 14.9. The summed E-state index contributed by atoms with van der Waals surface area (Å²) in [6.45, 7) is 6.48. The first-order valence-electron chi connectivity index (χ1n) is 27.1. The zero-order chi connectivity index (χ0) is 51.5. The molecule has 6 nitrogen and oxygen atoms in total. The van der Waals surface area contributed by atoms with Crippen molar-refractivity contribution in [1.29, 1.82) is 0 Å². The van der Waals surface area contributed by atoms with Crippen molar-refractivity contribution in [2.75, 3.05) is 14.7 Å². The van der Waals surface area contributed by atoms with E-state index in [2.05, 4.69) is 260 Å². The molecular formula is C70H47B2N3O3. The van der Waals surface area contributed by atoms with E-state index >= 15 is 0 Å². The van der Waals surface area contributed by atoms with Crippen molar-refractivity contribution < 1.29 is 13.6 Å². The Morgan fingerprint density at radius 1 is 0.372 bits per heavy atom. The van der Waals surface area contributed by atoms with Crippen LogP contribution in [0.2, 0.25) is 0 Å². The van der Waals surface area contributed by atoms with Crippen LogP contribution in [0, 0.1) is 0 Å². The Bertz CT molecular complexity index is 4680. The van der Waals surface area contributed by atoms with E-state index in [0.29, 0.717) is 0 Å². The lowest BCUT2D eigenvalue weighted by molar-refractivity contribution is 0.493. The van der Waals surface area contributed by atoms with Crippen LogP contribution in [0.5, 0.6) is 11.5 Å². The molecule has 366 valence electrons. The lowest BCUT2D eigenvalue weighted by Crippen LogP contribution is -2.64. The van der Waals surface area contributed by atoms with Gasteiger partial charge in [0.25, 0.3) is 13.4 Å². The van der Waals surface area contributed by atoms with Crippen LogP contribution in [0.4, 0.5) is 51.2 Å². The molecule has 0 saturated carbocycles. The minimum atomic E-state index is -0.180. The van der Waals surface area contributed by atoms with Crippen molar-refractivity contribution in [3.63, 3.8) is 0 Å². The zero-order valence-corrected chi connectivity index (χ0v) is 43.2. The molecule has 78 heavy (non-hydrogen) atoms. The second-order valence-corrected chi connectivity index (χ2v) is 22.3. The van der Waals surface area contributed by atoms with Crippen molar-refractivity contribution in [3.05, 3.63) is 236 Å². The maximum Gasteiger partial charge on any atom is 0.256 e. The van der Waals surface area contributed by atoms with Gasteiger partial charge in [0.2, 0.25) is 0 Å². The topological polar surface area (TPSA) is 45.2 Å². The zero-order valence-electron chi connectivity index (χ0n) is 43.2. The SMILES string of the molecule is CC(C)(C)c1ccc(-c2ccccc2N2c3cc4c(cc3B3c5ccccc5N(c5ccccc5)c5c3c2cc2oc3ccccc3c52)B2c3ccccc3Oc3c2c(cc2oc5ccccc5c32)N4c2ccccc2)cc1. The van der Waals surface area contributed by atoms with Crippen LogP contribution in [-0.4, -0.2) is 13.4 Å². The van der Waals surface area contributed by atoms with Gasteiger partial charge in [-0.05, 0) is 110 Å². The van der Waals surface area contributed by atoms with E-state index in [-0.39, 0.29) is 18.8 Å². The van der Waals surface area contributed by atoms with E-state index < -0.39 is 0 Å². The number of nitrogens with zero attached hydrogens (tertiary/aromatic N) is 3. The summed E-state index contributed by atoms with van der Waals surface area (Å²) in [5.74, 6) is 1.70. The number of anilines is 9. The average molecular weight is 1000 g/mol. The molecule has 6 heterocycles. The van der Waals surface area contributed by atoms with Crippen LogP contribution >= 0.6 is 0 Å². The fraction of sp³-hybridized carbons (Fsp3) is 0.0571. The smallest absolute Gasteiger partial charge is 0.256 e. The van der Waals surface area contributed by atoms with Crippen molar-refractivity contribution in [3.8, 4) is 22.6 Å². The number of ether oxygens (including phenoxy) is 1. The first-order valence-corrected chi connectivity index (χ1v) is 27.1. The Labute approximate surface area is 452 Å². The number of furan rings is 2. The van der Waals surface area contributed by atoms with Gasteiger partial charge in [-0.2, -0.15) is 0 Å². The van der Waals surface area contributed by atoms with Crippen LogP contribution < -0.4 is 52.2 Å². The Balaban J connectivity index is 1.03. The molecule has 4 aliphatic rings. The van der Waals surface area contributed by atoms with E-state index in [9.17, 15) is 0 Å². The molecule has 0 bridgehead atoms. The Hall–Kier alpha value is -9.65. The number of rotatable bonds is 4. The van der Waals surface area contributed by atoms with Crippen molar-refractivity contribution >= 4 is 141 Å². The molecule has 0 aliphatic carbocycles. The molecule has 0 saturated heterocycles. The van der Waals surface area contributed by atoms with Crippen LogP contribution in [-0.2, 0) is 5.41 Å². The molecule has 0 radical (unpaired) electrons. The van der Waals surface area contributed by atoms with Crippen LogP contribution in [0.15, 0.2) is 239 Å². The molecule has 11 aromatic carbocycles. The van der Waals surface area contributed by atoms with Crippen LogP contribution in [0.25, 0.3) is 55.0 Å². The summed E-state index contributed by atoms with van der Waals surface area (Å²) in [5.41, 5.74) is 23.9. The first-order chi connectivity index (χ1) is 38.4. The third-order valence-electron chi connectivity index (χ3n) is 17.0. The highest BCUT2D eigenvalue weighted by Gasteiger charge is 2.49. The van der Waals surface area contributed by atoms with Gasteiger partial charge in [0.05, 0.1) is 22.1 Å². The summed E-state index contributed by atoms with van der Waals surface area (Å²) in [6.07, 6.45) is 0. The lowest BCUT2D eigenvalue weighted by Gasteiger charge is -2.46. The molecule has 0 unspecified atom stereocenters. The second kappa shape index (κ2) is 15.9. The number of fused-ring (bicyclic) bond motifs is 16. The number of benzene rings is 11. The molecule has 13 aromatic rings. The fourth-order valence-corrected chi connectivity index (χ4v) is 13.7. The highest BCUT2D eigenvalue weighted by atomic mass is 16.5. The van der Waals surface area contributed by atoms with Crippen molar-refractivity contribution in [1.82, 2.24) is 0 Å². The summed E-state index contributed by atoms with van der Waals surface area (Å²) >= 11 is 0. The minimum absolute atomic E-state index is 0.00507. The molecule has 0 amide bonds. The maximum atomic E-state index is 7.24. The predicted molar refractivity (Wildman–Crippen MR) is 325 cm³/mol. The molecule has 0 atom stereocenters. The third-order valence-corrected chi connectivity index (χ3v) is 17.0. The normalized spacial score (nSPS) is 13.8. The Morgan fingerprint density at radius 3 is 1.62 bits per heavy atom. The summed E-state index contributed by atoms with van der Waals surface area (Å²) in [7, 11) is 0. The molecule has 0 fully saturated rings. The van der Waals surface area contributed by atoms with Gasteiger partial charge in [-0.1, -0.05) is 178 Å². The van der Waals surface area contributed by atoms with E-state index in [1.807, 2.05) is 6.07 Å². The van der Waals surface area contributed by atoms with Crippen molar-refractivity contribution in [2.24, 2.45) is 0 Å². The largest absolute Gasteiger partial charge is 0.458 e. The second-order valence-electron chi connectivity index (χ2n) is 22.3. The number of hydrogen-bond acceptors (Lipinski definition) is 6. The molecule has 17 rings (SSSR count).